The quantitative estimate of drug-likeness (QED) is 0.496. The fourth-order valence-electron chi connectivity index (χ4n) is 3.47. The van der Waals surface area contributed by atoms with E-state index in [0.717, 1.165) is 10.6 Å². The van der Waals surface area contributed by atoms with Gasteiger partial charge in [0.15, 0.2) is 0 Å². The van der Waals surface area contributed by atoms with Crippen molar-refractivity contribution >= 4 is 39.1 Å². The zero-order valence-electron chi connectivity index (χ0n) is 21.7. The standard InChI is InChI=1S/C25H34ClN3O6S/c1-17(24(31)27-25(2,3)4)28(15-18-9-8-10-19(26)13-18)23(30)16-29(36(7,32)33)21-12-11-20(34-5)14-22(21)35-6/h8-14,17H,15-16H2,1-7H3,(H,27,31)/t17-/m0/s1. The fourth-order valence-corrected chi connectivity index (χ4v) is 4.54. The van der Waals surface area contributed by atoms with E-state index in [4.69, 9.17) is 21.1 Å². The number of carbonyl (C=O) groups excluding carboxylic acids is 2. The van der Waals surface area contributed by atoms with Gasteiger partial charge in [-0.2, -0.15) is 0 Å². The molecule has 0 aliphatic heterocycles. The summed E-state index contributed by atoms with van der Waals surface area (Å²) in [4.78, 5) is 28.0. The second kappa shape index (κ2) is 11.8. The smallest absolute Gasteiger partial charge is 0.244 e. The van der Waals surface area contributed by atoms with Gasteiger partial charge in [0.05, 0.1) is 26.2 Å². The van der Waals surface area contributed by atoms with Crippen molar-refractivity contribution in [2.24, 2.45) is 0 Å². The molecule has 2 aromatic carbocycles. The SMILES string of the molecule is COc1ccc(N(CC(=O)N(Cc2cccc(Cl)c2)[C@@H](C)C(=O)NC(C)(C)C)S(C)(=O)=O)c(OC)c1. The Hall–Kier alpha value is -2.98. The van der Waals surface area contributed by atoms with Crippen LogP contribution in [0.5, 0.6) is 11.5 Å². The second-order valence-electron chi connectivity index (χ2n) is 9.37. The lowest BCUT2D eigenvalue weighted by Crippen LogP contribution is -2.54. The Morgan fingerprint density at radius 1 is 1.08 bits per heavy atom. The first-order valence-corrected chi connectivity index (χ1v) is 13.4. The molecule has 1 N–H and O–H groups in total. The van der Waals surface area contributed by atoms with E-state index < -0.39 is 34.1 Å². The lowest BCUT2D eigenvalue weighted by atomic mass is 10.1. The third-order valence-corrected chi connectivity index (χ3v) is 6.60. The first-order chi connectivity index (χ1) is 16.7. The summed E-state index contributed by atoms with van der Waals surface area (Å²) < 4.78 is 37.1. The summed E-state index contributed by atoms with van der Waals surface area (Å²) in [6, 6.07) is 10.6. The Morgan fingerprint density at radius 3 is 2.28 bits per heavy atom. The third-order valence-electron chi connectivity index (χ3n) is 5.24. The number of nitrogens with one attached hydrogen (secondary N) is 1. The van der Waals surface area contributed by atoms with Crippen molar-refractivity contribution in [3.63, 3.8) is 0 Å². The highest BCUT2D eigenvalue weighted by atomic mass is 35.5. The van der Waals surface area contributed by atoms with E-state index in [2.05, 4.69) is 5.32 Å². The van der Waals surface area contributed by atoms with Gasteiger partial charge in [-0.15, -0.1) is 0 Å². The van der Waals surface area contributed by atoms with E-state index in [1.807, 2.05) is 20.8 Å². The topological polar surface area (TPSA) is 105 Å². The molecule has 0 heterocycles. The number of carbonyl (C=O) groups is 2. The second-order valence-corrected chi connectivity index (χ2v) is 11.7. The Labute approximate surface area is 218 Å². The predicted octanol–water partition coefficient (Wildman–Crippen LogP) is 3.46. The fraction of sp³-hybridized carbons (Fsp3) is 0.440. The van der Waals surface area contributed by atoms with Gasteiger partial charge in [0.2, 0.25) is 21.8 Å². The van der Waals surface area contributed by atoms with Gasteiger partial charge in [0.1, 0.15) is 24.1 Å². The van der Waals surface area contributed by atoms with Crippen LogP contribution >= 0.6 is 11.6 Å². The molecular weight excluding hydrogens is 506 g/mol. The first kappa shape index (κ1) is 29.3. The number of rotatable bonds is 10. The number of benzene rings is 2. The molecule has 2 aromatic rings. The molecule has 0 bridgehead atoms. The minimum Gasteiger partial charge on any atom is -0.497 e. The molecule has 0 aromatic heterocycles. The lowest BCUT2D eigenvalue weighted by molar-refractivity contribution is -0.140. The van der Waals surface area contributed by atoms with Crippen LogP contribution in [0.15, 0.2) is 42.5 Å². The highest BCUT2D eigenvalue weighted by Crippen LogP contribution is 2.33. The van der Waals surface area contributed by atoms with Gasteiger partial charge in [0, 0.05) is 23.2 Å². The number of amides is 2. The number of nitrogens with zero attached hydrogens (tertiary/aromatic N) is 2. The maximum atomic E-state index is 13.6. The summed E-state index contributed by atoms with van der Waals surface area (Å²) in [5.74, 6) is -0.265. The third kappa shape index (κ3) is 8.03. The first-order valence-electron chi connectivity index (χ1n) is 11.2. The van der Waals surface area contributed by atoms with Crippen molar-refractivity contribution in [1.82, 2.24) is 10.2 Å². The summed E-state index contributed by atoms with van der Waals surface area (Å²) in [5, 5.41) is 3.35. The van der Waals surface area contributed by atoms with Crippen LogP contribution in [-0.4, -0.2) is 63.7 Å². The monoisotopic (exact) mass is 539 g/mol. The zero-order valence-corrected chi connectivity index (χ0v) is 23.2. The molecule has 0 aliphatic carbocycles. The molecule has 0 fully saturated rings. The molecule has 2 amide bonds. The molecule has 0 saturated carbocycles. The van der Waals surface area contributed by atoms with Crippen molar-refractivity contribution in [3.8, 4) is 11.5 Å². The normalized spacial score (nSPS) is 12.4. The average Bonchev–Trinajstić information content (AvgIpc) is 2.78. The van der Waals surface area contributed by atoms with Crippen LogP contribution in [0.2, 0.25) is 5.02 Å². The van der Waals surface area contributed by atoms with E-state index in [1.165, 1.54) is 31.3 Å². The number of halogens is 1. The Morgan fingerprint density at radius 2 is 1.75 bits per heavy atom. The number of ether oxygens (including phenoxy) is 2. The summed E-state index contributed by atoms with van der Waals surface area (Å²) in [6.07, 6.45) is 1.00. The summed E-state index contributed by atoms with van der Waals surface area (Å²) in [7, 11) is -1.04. The lowest BCUT2D eigenvalue weighted by Gasteiger charge is -2.33. The largest absolute Gasteiger partial charge is 0.497 e. The maximum Gasteiger partial charge on any atom is 0.244 e. The number of hydrogen-bond donors (Lipinski definition) is 1. The summed E-state index contributed by atoms with van der Waals surface area (Å²) in [6.45, 7) is 6.61. The maximum absolute atomic E-state index is 13.6. The summed E-state index contributed by atoms with van der Waals surface area (Å²) >= 11 is 6.13. The van der Waals surface area contributed by atoms with E-state index in [1.54, 1.807) is 37.3 Å². The van der Waals surface area contributed by atoms with Crippen molar-refractivity contribution in [3.05, 3.63) is 53.1 Å². The molecule has 198 valence electrons. The van der Waals surface area contributed by atoms with E-state index >= 15 is 0 Å². The van der Waals surface area contributed by atoms with Crippen LogP contribution < -0.4 is 19.1 Å². The Balaban J connectivity index is 2.48. The Kier molecular flexibility index (Phi) is 9.62. The highest BCUT2D eigenvalue weighted by Gasteiger charge is 2.32. The molecule has 0 spiro atoms. The number of anilines is 1. The number of methoxy groups -OCH3 is 2. The van der Waals surface area contributed by atoms with Crippen LogP contribution in [0.25, 0.3) is 0 Å². The molecular formula is C25H34ClN3O6S. The minimum absolute atomic E-state index is 0.0511. The van der Waals surface area contributed by atoms with Gasteiger partial charge in [-0.05, 0) is 57.5 Å². The van der Waals surface area contributed by atoms with Crippen molar-refractivity contribution in [2.75, 3.05) is 31.3 Å². The molecule has 36 heavy (non-hydrogen) atoms. The van der Waals surface area contributed by atoms with Crippen LogP contribution in [0, 0.1) is 0 Å². The zero-order chi connectivity index (χ0) is 27.3. The van der Waals surface area contributed by atoms with Gasteiger partial charge in [-0.25, -0.2) is 8.42 Å². The molecule has 0 unspecified atom stereocenters. The van der Waals surface area contributed by atoms with Gasteiger partial charge in [-0.1, -0.05) is 23.7 Å². The molecule has 9 nitrogen and oxygen atoms in total. The molecule has 0 radical (unpaired) electrons. The average molecular weight is 540 g/mol. The van der Waals surface area contributed by atoms with Gasteiger partial charge >= 0.3 is 0 Å². The number of hydrogen-bond acceptors (Lipinski definition) is 6. The highest BCUT2D eigenvalue weighted by molar-refractivity contribution is 7.92. The molecule has 11 heteroatoms. The molecule has 1 atom stereocenters. The van der Waals surface area contributed by atoms with Crippen molar-refractivity contribution < 1.29 is 27.5 Å². The van der Waals surface area contributed by atoms with E-state index in [-0.39, 0.29) is 23.9 Å². The molecule has 0 saturated heterocycles. The number of sulfonamides is 1. The minimum atomic E-state index is -3.91. The van der Waals surface area contributed by atoms with Gasteiger partial charge in [0.25, 0.3) is 0 Å². The van der Waals surface area contributed by atoms with Gasteiger partial charge < -0.3 is 19.7 Å². The van der Waals surface area contributed by atoms with Crippen LogP contribution in [0.4, 0.5) is 5.69 Å². The van der Waals surface area contributed by atoms with Gasteiger partial charge in [-0.3, -0.25) is 13.9 Å². The van der Waals surface area contributed by atoms with Crippen LogP contribution in [0.1, 0.15) is 33.3 Å². The van der Waals surface area contributed by atoms with Crippen molar-refractivity contribution in [1.29, 1.82) is 0 Å². The van der Waals surface area contributed by atoms with Crippen molar-refractivity contribution in [2.45, 2.75) is 45.8 Å². The molecule has 2 rings (SSSR count). The Bertz CT molecular complexity index is 1200. The predicted molar refractivity (Wildman–Crippen MR) is 141 cm³/mol. The molecule has 0 aliphatic rings. The summed E-state index contributed by atoms with van der Waals surface area (Å²) in [5.41, 5.74) is 0.341. The van der Waals surface area contributed by atoms with Crippen LogP contribution in [0.3, 0.4) is 0 Å². The van der Waals surface area contributed by atoms with Crippen LogP contribution in [-0.2, 0) is 26.2 Å². The van der Waals surface area contributed by atoms with E-state index in [9.17, 15) is 18.0 Å². The van der Waals surface area contributed by atoms with E-state index in [0.29, 0.717) is 16.3 Å².